The SMILES string of the molecule is CC1CCC2(CC1)NC(=O)N(NC(=O)CSc1n[nH]c(-c3ccccc3)n1)C2=O. The molecule has 2 heterocycles. The van der Waals surface area contributed by atoms with Crippen LogP contribution in [0.25, 0.3) is 11.4 Å². The minimum Gasteiger partial charge on any atom is -0.322 e. The van der Waals surface area contributed by atoms with Gasteiger partial charge < -0.3 is 5.32 Å². The van der Waals surface area contributed by atoms with Crippen molar-refractivity contribution in [2.45, 2.75) is 43.3 Å². The molecule has 1 saturated carbocycles. The first kappa shape index (κ1) is 19.4. The number of amides is 4. The molecule has 1 aliphatic carbocycles. The van der Waals surface area contributed by atoms with Gasteiger partial charge in [-0.2, -0.15) is 5.01 Å². The third kappa shape index (κ3) is 3.98. The highest BCUT2D eigenvalue weighted by atomic mass is 32.2. The summed E-state index contributed by atoms with van der Waals surface area (Å²) < 4.78 is 0. The Morgan fingerprint density at radius 2 is 2.00 bits per heavy atom. The molecule has 0 bridgehead atoms. The van der Waals surface area contributed by atoms with Crippen molar-refractivity contribution in [2.24, 2.45) is 5.92 Å². The summed E-state index contributed by atoms with van der Waals surface area (Å²) in [6, 6.07) is 8.94. The van der Waals surface area contributed by atoms with Crippen molar-refractivity contribution in [1.82, 2.24) is 30.9 Å². The molecule has 1 aliphatic heterocycles. The fraction of sp³-hybridized carbons (Fsp3) is 0.421. The third-order valence-corrected chi connectivity index (χ3v) is 6.22. The van der Waals surface area contributed by atoms with Crippen molar-refractivity contribution in [2.75, 3.05) is 5.75 Å². The Labute approximate surface area is 172 Å². The highest BCUT2D eigenvalue weighted by Crippen LogP contribution is 2.35. The Morgan fingerprint density at radius 1 is 1.28 bits per heavy atom. The summed E-state index contributed by atoms with van der Waals surface area (Å²) >= 11 is 1.12. The molecule has 2 aliphatic rings. The summed E-state index contributed by atoms with van der Waals surface area (Å²) in [7, 11) is 0. The van der Waals surface area contributed by atoms with Gasteiger partial charge in [-0.1, -0.05) is 49.0 Å². The Bertz CT molecular complexity index is 923. The summed E-state index contributed by atoms with van der Waals surface area (Å²) in [4.78, 5) is 41.7. The number of aromatic nitrogens is 3. The number of rotatable bonds is 5. The average molecular weight is 414 g/mol. The number of hydrazine groups is 1. The molecular weight excluding hydrogens is 392 g/mol. The smallest absolute Gasteiger partial charge is 0.322 e. The minimum atomic E-state index is -0.877. The Balaban J connectivity index is 1.33. The van der Waals surface area contributed by atoms with Crippen LogP contribution in [0.5, 0.6) is 0 Å². The van der Waals surface area contributed by atoms with Crippen LogP contribution in [-0.2, 0) is 9.59 Å². The molecule has 29 heavy (non-hydrogen) atoms. The molecule has 0 atom stereocenters. The monoisotopic (exact) mass is 414 g/mol. The first-order chi connectivity index (χ1) is 14.0. The second-order valence-corrected chi connectivity index (χ2v) is 8.43. The van der Waals surface area contributed by atoms with Gasteiger partial charge in [0.25, 0.3) is 5.91 Å². The van der Waals surface area contributed by atoms with Crippen LogP contribution in [0, 0.1) is 5.92 Å². The van der Waals surface area contributed by atoms with E-state index in [4.69, 9.17) is 0 Å². The van der Waals surface area contributed by atoms with Crippen molar-refractivity contribution < 1.29 is 14.4 Å². The number of carbonyl (C=O) groups is 3. The van der Waals surface area contributed by atoms with Gasteiger partial charge in [0.15, 0.2) is 5.82 Å². The van der Waals surface area contributed by atoms with Crippen LogP contribution in [0.3, 0.4) is 0 Å². The van der Waals surface area contributed by atoms with E-state index in [0.717, 1.165) is 35.2 Å². The van der Waals surface area contributed by atoms with Crippen LogP contribution < -0.4 is 10.7 Å². The molecule has 1 aromatic carbocycles. The van der Waals surface area contributed by atoms with E-state index in [0.29, 0.717) is 29.7 Å². The quantitative estimate of drug-likeness (QED) is 0.509. The molecule has 10 heteroatoms. The number of carbonyl (C=O) groups excluding carboxylic acids is 3. The molecule has 2 aromatic rings. The van der Waals surface area contributed by atoms with Crippen molar-refractivity contribution in [3.05, 3.63) is 30.3 Å². The van der Waals surface area contributed by atoms with Crippen LogP contribution in [-0.4, -0.2) is 49.3 Å². The molecule has 0 radical (unpaired) electrons. The normalized spacial score (nSPS) is 24.0. The van der Waals surface area contributed by atoms with Gasteiger partial charge in [0.1, 0.15) is 5.54 Å². The largest absolute Gasteiger partial charge is 0.344 e. The maximum Gasteiger partial charge on any atom is 0.344 e. The summed E-state index contributed by atoms with van der Waals surface area (Å²) in [5.41, 5.74) is 2.43. The number of thioether (sulfide) groups is 1. The number of hydrogen-bond acceptors (Lipinski definition) is 6. The average Bonchev–Trinajstić information content (AvgIpc) is 3.29. The van der Waals surface area contributed by atoms with Crippen LogP contribution in [0.4, 0.5) is 4.79 Å². The molecule has 0 unspecified atom stereocenters. The molecule has 1 aromatic heterocycles. The van der Waals surface area contributed by atoms with Gasteiger partial charge in [0, 0.05) is 5.56 Å². The first-order valence-electron chi connectivity index (χ1n) is 9.54. The van der Waals surface area contributed by atoms with E-state index in [1.807, 2.05) is 30.3 Å². The Hall–Kier alpha value is -2.88. The molecular formula is C19H22N6O3S. The fourth-order valence-corrected chi connectivity index (χ4v) is 4.23. The molecule has 3 N–H and O–H groups in total. The Kier molecular flexibility index (Phi) is 5.27. The maximum atomic E-state index is 12.8. The predicted octanol–water partition coefficient (Wildman–Crippen LogP) is 2.10. The van der Waals surface area contributed by atoms with Gasteiger partial charge in [0.05, 0.1) is 5.75 Å². The minimum absolute atomic E-state index is 0.0207. The van der Waals surface area contributed by atoms with Gasteiger partial charge in [-0.3, -0.25) is 20.1 Å². The highest BCUT2D eigenvalue weighted by molar-refractivity contribution is 7.99. The van der Waals surface area contributed by atoms with Gasteiger partial charge in [-0.25, -0.2) is 9.78 Å². The summed E-state index contributed by atoms with van der Waals surface area (Å²) in [6.45, 7) is 2.14. The highest BCUT2D eigenvalue weighted by Gasteiger charge is 2.52. The standard InChI is InChI=1S/C19H22N6O3S/c1-12-7-9-19(10-8-12)16(27)25(18(28)21-19)24-14(26)11-29-17-20-15(22-23-17)13-5-3-2-4-6-13/h2-6,12H,7-11H2,1H3,(H,21,28)(H,24,26)(H,20,22,23). The molecule has 9 nitrogen and oxygen atoms in total. The van der Waals surface area contributed by atoms with Crippen LogP contribution >= 0.6 is 11.8 Å². The van der Waals surface area contributed by atoms with Crippen LogP contribution in [0.15, 0.2) is 35.5 Å². The second-order valence-electron chi connectivity index (χ2n) is 7.49. The number of nitrogens with one attached hydrogen (secondary N) is 3. The first-order valence-corrected chi connectivity index (χ1v) is 10.5. The number of H-pyrrole nitrogens is 1. The van der Waals surface area contributed by atoms with E-state index >= 15 is 0 Å². The third-order valence-electron chi connectivity index (χ3n) is 5.37. The number of benzene rings is 1. The van der Waals surface area contributed by atoms with Crippen molar-refractivity contribution in [1.29, 1.82) is 0 Å². The number of imide groups is 1. The van der Waals surface area contributed by atoms with E-state index in [2.05, 4.69) is 32.8 Å². The van der Waals surface area contributed by atoms with Crippen molar-refractivity contribution >= 4 is 29.6 Å². The number of hydrogen-bond donors (Lipinski definition) is 3. The predicted molar refractivity (Wildman–Crippen MR) is 106 cm³/mol. The van der Waals surface area contributed by atoms with Gasteiger partial charge in [-0.05, 0) is 31.6 Å². The van der Waals surface area contributed by atoms with E-state index < -0.39 is 17.5 Å². The van der Waals surface area contributed by atoms with E-state index in [9.17, 15) is 14.4 Å². The van der Waals surface area contributed by atoms with E-state index in [1.165, 1.54) is 0 Å². The molecule has 2 fully saturated rings. The molecule has 4 amide bonds. The Morgan fingerprint density at radius 3 is 2.72 bits per heavy atom. The maximum absolute atomic E-state index is 12.8. The van der Waals surface area contributed by atoms with Gasteiger partial charge in [-0.15, -0.1) is 5.10 Å². The lowest BCUT2D eigenvalue weighted by Gasteiger charge is -2.33. The van der Waals surface area contributed by atoms with Crippen molar-refractivity contribution in [3.8, 4) is 11.4 Å². The van der Waals surface area contributed by atoms with Crippen LogP contribution in [0.2, 0.25) is 0 Å². The summed E-state index contributed by atoms with van der Waals surface area (Å²) in [6.07, 6.45) is 2.94. The number of aromatic amines is 1. The van der Waals surface area contributed by atoms with Gasteiger partial charge in [0.2, 0.25) is 11.1 Å². The van der Waals surface area contributed by atoms with Crippen LogP contribution in [0.1, 0.15) is 32.6 Å². The number of urea groups is 1. The van der Waals surface area contributed by atoms with E-state index in [1.54, 1.807) is 0 Å². The molecule has 4 rings (SSSR count). The lowest BCUT2D eigenvalue weighted by Crippen LogP contribution is -2.51. The molecule has 1 spiro atoms. The van der Waals surface area contributed by atoms with Crippen molar-refractivity contribution in [3.63, 3.8) is 0 Å². The summed E-state index contributed by atoms with van der Waals surface area (Å²) in [5, 5.41) is 10.9. The zero-order chi connectivity index (χ0) is 20.4. The second kappa shape index (κ2) is 7.86. The zero-order valence-corrected chi connectivity index (χ0v) is 16.8. The van der Waals surface area contributed by atoms with Gasteiger partial charge >= 0.3 is 6.03 Å². The topological polar surface area (TPSA) is 120 Å². The summed E-state index contributed by atoms with van der Waals surface area (Å²) in [5.74, 6) is 0.277. The lowest BCUT2D eigenvalue weighted by atomic mass is 9.77. The van der Waals surface area contributed by atoms with E-state index in [-0.39, 0.29) is 11.7 Å². The molecule has 1 saturated heterocycles. The number of nitrogens with zero attached hydrogens (tertiary/aromatic N) is 3. The fourth-order valence-electron chi connectivity index (χ4n) is 3.64. The lowest BCUT2D eigenvalue weighted by molar-refractivity contribution is -0.139. The molecule has 152 valence electrons. The zero-order valence-electron chi connectivity index (χ0n) is 16.0.